The van der Waals surface area contributed by atoms with Crippen LogP contribution in [0, 0.1) is 0 Å². The molecule has 0 saturated carbocycles. The lowest BCUT2D eigenvalue weighted by atomic mass is 9.87. The van der Waals surface area contributed by atoms with E-state index >= 15 is 0 Å². The highest BCUT2D eigenvalue weighted by molar-refractivity contribution is 6.01. The van der Waals surface area contributed by atoms with E-state index in [2.05, 4.69) is 38.2 Å². The van der Waals surface area contributed by atoms with Crippen LogP contribution in [0.1, 0.15) is 77.1 Å². The van der Waals surface area contributed by atoms with Crippen molar-refractivity contribution in [1.29, 1.82) is 0 Å². The van der Waals surface area contributed by atoms with Gasteiger partial charge in [-0.2, -0.15) is 0 Å². The van der Waals surface area contributed by atoms with Gasteiger partial charge in [-0.25, -0.2) is 29.1 Å². The molecule has 14 heteroatoms. The number of benzene rings is 8. The third-order valence-electron chi connectivity index (χ3n) is 17.6. The third kappa shape index (κ3) is 14.7. The van der Waals surface area contributed by atoms with Crippen LogP contribution in [0.25, 0.3) is 89.6 Å². The van der Waals surface area contributed by atoms with Crippen LogP contribution >= 0.6 is 0 Å². The molecule has 13 aromatic rings. The summed E-state index contributed by atoms with van der Waals surface area (Å²) in [6.07, 6.45) is 21.2. The van der Waals surface area contributed by atoms with E-state index in [-0.39, 0.29) is 28.2 Å². The van der Waals surface area contributed by atoms with Gasteiger partial charge in [-0.15, -0.1) is 0 Å². The third-order valence-corrected chi connectivity index (χ3v) is 17.6. The number of allylic oxidation sites excluding steroid dienone is 6. The van der Waals surface area contributed by atoms with Crippen LogP contribution in [0.2, 0.25) is 0 Å². The second-order valence-electron chi connectivity index (χ2n) is 24.3. The fourth-order valence-corrected chi connectivity index (χ4v) is 12.4. The number of aromatic nitrogens is 6. The summed E-state index contributed by atoms with van der Waals surface area (Å²) in [6, 6.07) is 79.9. The first-order valence-corrected chi connectivity index (χ1v) is 33.2. The molecule has 0 bridgehead atoms. The van der Waals surface area contributed by atoms with Crippen LogP contribution in [-0.4, -0.2) is 59.9 Å². The highest BCUT2D eigenvalue weighted by atomic mass is 16.6. The number of rotatable bonds is 18. The Kier molecular flexibility index (Phi) is 18.6. The Morgan fingerprint density at radius 2 is 0.686 bits per heavy atom. The molecule has 0 radical (unpaired) electrons. The Bertz CT molecular complexity index is 5280. The highest BCUT2D eigenvalue weighted by Gasteiger charge is 2.25. The molecule has 0 saturated heterocycles. The molecule has 5 aromatic heterocycles. The van der Waals surface area contributed by atoms with Crippen LogP contribution < -0.4 is 14.2 Å². The zero-order valence-electron chi connectivity index (χ0n) is 54.7. The van der Waals surface area contributed by atoms with E-state index < -0.39 is 30.0 Å². The van der Waals surface area contributed by atoms with Gasteiger partial charge in [0.25, 0.3) is 0 Å². The number of carbonyl (C=O) groups excluding carboxylic acids is 4. The molecule has 15 rings (SSSR count). The normalized spacial score (nSPS) is 13.8. The van der Waals surface area contributed by atoms with Crippen molar-refractivity contribution in [2.75, 3.05) is 0 Å². The lowest BCUT2D eigenvalue weighted by Gasteiger charge is -2.19. The van der Waals surface area contributed by atoms with Gasteiger partial charge in [-0.1, -0.05) is 127 Å². The largest absolute Gasteiger partial charge is 0.454 e. The standard InChI is InChI=1S/C88H60N6O8/c95-85(99-71-37-29-59(30-38-71)79-17-5-9-45-89-79)67-49-65(50-68(53-67)86(96)100-72-39-31-60(32-40-72)80-18-6-10-46-90-80)77-15-3-1-13-75(77)57-21-25-63(26-22-57)83-55-84(94-56-93-83)64-27-23-58(24-28-64)76-14-2-4-16-78(76)66-51-69(87(97)101-73-41-33-61(34-42-73)81-19-7-11-47-91-81)54-70(52-66)88(98)102-74-43-35-62(36-44-74)82-20-8-12-48-92-82/h1-27,29-39,41-56,64,72H,28,40H2. The summed E-state index contributed by atoms with van der Waals surface area (Å²) >= 11 is 0. The van der Waals surface area contributed by atoms with Crippen molar-refractivity contribution < 1.29 is 38.1 Å². The Labute approximate surface area is 588 Å². The molecule has 14 nitrogen and oxygen atoms in total. The van der Waals surface area contributed by atoms with Gasteiger partial charge in [0, 0.05) is 59.4 Å². The van der Waals surface area contributed by atoms with Gasteiger partial charge in [0.05, 0.1) is 56.4 Å². The molecule has 5 heterocycles. The fourth-order valence-electron chi connectivity index (χ4n) is 12.4. The smallest absolute Gasteiger partial charge is 0.343 e. The maximum Gasteiger partial charge on any atom is 0.343 e. The predicted octanol–water partition coefficient (Wildman–Crippen LogP) is 19.1. The van der Waals surface area contributed by atoms with Crippen molar-refractivity contribution in [2.45, 2.75) is 24.9 Å². The van der Waals surface area contributed by atoms with Crippen molar-refractivity contribution in [3.8, 4) is 95.7 Å². The molecular formula is C88H60N6O8. The van der Waals surface area contributed by atoms with E-state index in [9.17, 15) is 19.2 Å². The summed E-state index contributed by atoms with van der Waals surface area (Å²) in [7, 11) is 0. The van der Waals surface area contributed by atoms with Gasteiger partial charge < -0.3 is 18.9 Å². The van der Waals surface area contributed by atoms with Gasteiger partial charge in [-0.05, 0) is 226 Å². The van der Waals surface area contributed by atoms with Crippen LogP contribution in [-0.2, 0) is 4.74 Å². The quantitative estimate of drug-likeness (QED) is 0.0584. The lowest BCUT2D eigenvalue weighted by molar-refractivity contribution is 0.0398. The van der Waals surface area contributed by atoms with Crippen molar-refractivity contribution in [3.63, 3.8) is 0 Å². The molecule has 0 fully saturated rings. The number of ether oxygens (including phenoxy) is 4. The van der Waals surface area contributed by atoms with E-state index in [4.69, 9.17) is 28.9 Å². The number of nitrogens with zero attached hydrogens (tertiary/aromatic N) is 6. The summed E-state index contributed by atoms with van der Waals surface area (Å²) in [6.45, 7) is 0. The topological polar surface area (TPSA) is 183 Å². The molecule has 8 aromatic carbocycles. The number of pyridine rings is 4. The second kappa shape index (κ2) is 29.6. The van der Waals surface area contributed by atoms with Crippen molar-refractivity contribution >= 4 is 35.0 Å². The Morgan fingerprint density at radius 1 is 0.304 bits per heavy atom. The maximum absolute atomic E-state index is 14.2. The first-order chi connectivity index (χ1) is 50.1. The molecule has 102 heavy (non-hydrogen) atoms. The van der Waals surface area contributed by atoms with Crippen molar-refractivity contribution in [1.82, 2.24) is 29.9 Å². The monoisotopic (exact) mass is 1330 g/mol. The average Bonchev–Trinajstić information content (AvgIpc) is 0.793. The zero-order valence-corrected chi connectivity index (χ0v) is 54.7. The molecule has 2 aliphatic rings. The number of esters is 4. The highest BCUT2D eigenvalue weighted by Crippen LogP contribution is 2.39. The van der Waals surface area contributed by atoms with Gasteiger partial charge in [0.1, 0.15) is 29.7 Å². The Morgan fingerprint density at radius 3 is 1.12 bits per heavy atom. The van der Waals surface area contributed by atoms with E-state index in [0.29, 0.717) is 41.2 Å². The zero-order chi connectivity index (χ0) is 69.1. The number of hydrogen-bond acceptors (Lipinski definition) is 14. The molecule has 2 aliphatic carbocycles. The molecule has 2 unspecified atom stereocenters. The van der Waals surface area contributed by atoms with E-state index in [1.54, 1.807) is 91.8 Å². The summed E-state index contributed by atoms with van der Waals surface area (Å²) in [5.74, 6) is -1.66. The minimum atomic E-state index is -0.655. The lowest BCUT2D eigenvalue weighted by Crippen LogP contribution is -2.18. The van der Waals surface area contributed by atoms with Crippen LogP contribution in [0.5, 0.6) is 17.2 Å². The summed E-state index contributed by atoms with van der Waals surface area (Å²) in [5, 5.41) is 0. The van der Waals surface area contributed by atoms with Gasteiger partial charge >= 0.3 is 23.9 Å². The van der Waals surface area contributed by atoms with E-state index in [0.717, 1.165) is 95.4 Å². The first kappa shape index (κ1) is 64.3. The SMILES string of the molecule is O=C(Oc1ccc(-c2ccccn2)cc1)c1cc(C(=O)Oc2ccc(-c3ccccn3)cc2)cc(-c2ccccc2C2=CCC(c3cc(-c4ccc(-c5ccccc5-c5cc(C(=O)Oc6ccc(-c7ccccn7)cc6)cc(C(=O)OC6C=CC(c7ccccn7)=CC6)c5)cc4)ncn3)C=C2)c1. The van der Waals surface area contributed by atoms with Crippen LogP contribution in [0.4, 0.5) is 0 Å². The second-order valence-corrected chi connectivity index (χ2v) is 24.3. The van der Waals surface area contributed by atoms with Crippen LogP contribution in [0.15, 0.2) is 328 Å². The minimum absolute atomic E-state index is 0.0849. The average molecular weight is 1330 g/mol. The fraction of sp³-hybridized carbons (Fsp3) is 0.0455. The molecule has 2 atom stereocenters. The van der Waals surface area contributed by atoms with Crippen molar-refractivity contribution in [3.05, 3.63) is 368 Å². The molecule has 0 N–H and O–H groups in total. The number of carbonyl (C=O) groups is 4. The van der Waals surface area contributed by atoms with Crippen LogP contribution in [0.3, 0.4) is 0 Å². The number of hydrogen-bond donors (Lipinski definition) is 0. The summed E-state index contributed by atoms with van der Waals surface area (Å²) in [5.41, 5.74) is 16.1. The predicted molar refractivity (Wildman–Crippen MR) is 394 cm³/mol. The Hall–Kier alpha value is -13.7. The van der Waals surface area contributed by atoms with Gasteiger partial charge in [-0.3, -0.25) is 19.9 Å². The van der Waals surface area contributed by atoms with Crippen molar-refractivity contribution in [2.24, 2.45) is 0 Å². The molecular weight excluding hydrogens is 1270 g/mol. The van der Waals surface area contributed by atoms with E-state index in [1.807, 2.05) is 206 Å². The molecule has 0 aliphatic heterocycles. The Balaban J connectivity index is 0.668. The molecule has 0 spiro atoms. The molecule has 0 amide bonds. The summed E-state index contributed by atoms with van der Waals surface area (Å²) < 4.78 is 24.0. The van der Waals surface area contributed by atoms with E-state index in [1.165, 1.54) is 12.1 Å². The molecule has 490 valence electrons. The van der Waals surface area contributed by atoms with Gasteiger partial charge in [0.15, 0.2) is 0 Å². The minimum Gasteiger partial charge on any atom is -0.454 e. The summed E-state index contributed by atoms with van der Waals surface area (Å²) in [4.78, 5) is 84.2. The maximum atomic E-state index is 14.2. The van der Waals surface area contributed by atoms with Gasteiger partial charge in [0.2, 0.25) is 0 Å². The first-order valence-electron chi connectivity index (χ1n) is 33.2.